The average Bonchev–Trinajstić information content (AvgIpc) is 3.14. The van der Waals surface area contributed by atoms with Gasteiger partial charge < -0.3 is 14.6 Å². The van der Waals surface area contributed by atoms with Crippen LogP contribution in [0.3, 0.4) is 0 Å². The lowest BCUT2D eigenvalue weighted by Gasteiger charge is -2.21. The number of furan rings is 1. The van der Waals surface area contributed by atoms with Crippen LogP contribution in [0.1, 0.15) is 12.7 Å². The van der Waals surface area contributed by atoms with Crippen LogP contribution in [0.2, 0.25) is 0 Å². The highest BCUT2D eigenvalue weighted by atomic mass is 32.1. The first-order valence-corrected chi connectivity index (χ1v) is 7.40. The van der Waals surface area contributed by atoms with Crippen molar-refractivity contribution >= 4 is 33.3 Å². The van der Waals surface area contributed by atoms with Crippen LogP contribution in [0.4, 0.5) is 11.8 Å². The Bertz CT molecular complexity index is 692. The van der Waals surface area contributed by atoms with Gasteiger partial charge in [0.05, 0.1) is 18.2 Å². The minimum Gasteiger partial charge on any atom is -0.467 e. The minimum atomic E-state index is 0.646. The molecule has 20 heavy (non-hydrogen) atoms. The summed E-state index contributed by atoms with van der Waals surface area (Å²) in [6, 6.07) is 5.95. The van der Waals surface area contributed by atoms with Crippen molar-refractivity contribution in [3.05, 3.63) is 35.6 Å². The fourth-order valence-corrected chi connectivity index (χ4v) is 2.88. The zero-order valence-corrected chi connectivity index (χ0v) is 12.3. The maximum Gasteiger partial charge on any atom is 0.225 e. The number of rotatable bonds is 5. The molecule has 3 aromatic heterocycles. The number of anilines is 2. The minimum absolute atomic E-state index is 0.646. The number of aromatic nitrogens is 2. The van der Waals surface area contributed by atoms with E-state index in [1.807, 2.05) is 24.6 Å². The molecule has 0 spiro atoms. The Morgan fingerprint density at radius 2 is 2.25 bits per heavy atom. The van der Waals surface area contributed by atoms with E-state index >= 15 is 0 Å². The molecule has 104 valence electrons. The van der Waals surface area contributed by atoms with E-state index in [0.717, 1.165) is 28.3 Å². The lowest BCUT2D eigenvalue weighted by Crippen LogP contribution is -2.23. The molecule has 0 aliphatic carbocycles. The average molecular weight is 288 g/mol. The van der Waals surface area contributed by atoms with E-state index in [2.05, 4.69) is 33.2 Å². The highest BCUT2D eigenvalue weighted by Crippen LogP contribution is 2.29. The van der Waals surface area contributed by atoms with Gasteiger partial charge in [-0.05, 0) is 30.5 Å². The van der Waals surface area contributed by atoms with Gasteiger partial charge in [-0.25, -0.2) is 4.98 Å². The summed E-state index contributed by atoms with van der Waals surface area (Å²) in [5, 5.41) is 6.15. The normalized spacial score (nSPS) is 10.9. The quantitative estimate of drug-likeness (QED) is 0.780. The molecule has 0 bridgehead atoms. The molecule has 0 fully saturated rings. The fraction of sp³-hybridized carbons (Fsp3) is 0.286. The van der Waals surface area contributed by atoms with Crippen molar-refractivity contribution in [3.63, 3.8) is 0 Å². The summed E-state index contributed by atoms with van der Waals surface area (Å²) >= 11 is 1.63. The van der Waals surface area contributed by atoms with Crippen LogP contribution in [0.25, 0.3) is 10.2 Å². The van der Waals surface area contributed by atoms with Crippen LogP contribution in [-0.2, 0) is 6.54 Å². The van der Waals surface area contributed by atoms with Crippen LogP contribution >= 0.6 is 11.3 Å². The molecule has 1 N–H and O–H groups in total. The van der Waals surface area contributed by atoms with Gasteiger partial charge in [-0.2, -0.15) is 4.98 Å². The summed E-state index contributed by atoms with van der Waals surface area (Å²) in [5.41, 5.74) is 0. The Kier molecular flexibility index (Phi) is 3.56. The third kappa shape index (κ3) is 2.34. The van der Waals surface area contributed by atoms with E-state index in [0.29, 0.717) is 12.5 Å². The largest absolute Gasteiger partial charge is 0.467 e. The van der Waals surface area contributed by atoms with Crippen LogP contribution < -0.4 is 10.2 Å². The molecule has 0 saturated carbocycles. The SMILES string of the molecule is CCN(Cc1ccco1)c1nc(NC)nc2sccc12. The lowest BCUT2D eigenvalue weighted by molar-refractivity contribution is 0.503. The summed E-state index contributed by atoms with van der Waals surface area (Å²) < 4.78 is 5.44. The molecule has 3 heterocycles. The molecular weight excluding hydrogens is 272 g/mol. The first-order valence-electron chi connectivity index (χ1n) is 6.52. The van der Waals surface area contributed by atoms with Crippen molar-refractivity contribution in [3.8, 4) is 0 Å². The van der Waals surface area contributed by atoms with Gasteiger partial charge in [0.25, 0.3) is 0 Å². The Labute approximate surface area is 121 Å². The van der Waals surface area contributed by atoms with Crippen molar-refractivity contribution in [1.29, 1.82) is 0 Å². The highest BCUT2D eigenvalue weighted by molar-refractivity contribution is 7.16. The molecule has 3 aromatic rings. The molecule has 0 saturated heterocycles. The van der Waals surface area contributed by atoms with Crippen molar-refractivity contribution < 1.29 is 4.42 Å². The monoisotopic (exact) mass is 288 g/mol. The molecule has 0 unspecified atom stereocenters. The first kappa shape index (κ1) is 12.9. The van der Waals surface area contributed by atoms with E-state index in [1.165, 1.54) is 0 Å². The number of nitrogens with zero attached hydrogens (tertiary/aromatic N) is 3. The van der Waals surface area contributed by atoms with Crippen LogP contribution in [0.15, 0.2) is 34.3 Å². The van der Waals surface area contributed by atoms with Gasteiger partial charge in [0.15, 0.2) is 0 Å². The Hall–Kier alpha value is -2.08. The Morgan fingerprint density at radius 1 is 1.35 bits per heavy atom. The summed E-state index contributed by atoms with van der Waals surface area (Å²) in [6.07, 6.45) is 1.70. The Balaban J connectivity index is 2.03. The Morgan fingerprint density at radius 3 is 2.95 bits per heavy atom. The van der Waals surface area contributed by atoms with Crippen LogP contribution in [0, 0.1) is 0 Å². The van der Waals surface area contributed by atoms with Crippen molar-refractivity contribution in [1.82, 2.24) is 9.97 Å². The lowest BCUT2D eigenvalue weighted by atomic mass is 10.3. The number of nitrogens with one attached hydrogen (secondary N) is 1. The molecule has 0 radical (unpaired) electrons. The molecule has 5 nitrogen and oxygen atoms in total. The molecule has 0 aromatic carbocycles. The van der Waals surface area contributed by atoms with Crippen molar-refractivity contribution in [2.75, 3.05) is 23.8 Å². The number of hydrogen-bond donors (Lipinski definition) is 1. The van der Waals surface area contributed by atoms with Gasteiger partial charge >= 0.3 is 0 Å². The number of thiophene rings is 1. The molecule has 0 atom stereocenters. The molecule has 3 rings (SSSR count). The standard InChI is InChI=1S/C14H16N4OS/c1-3-18(9-10-5-4-7-19-10)12-11-6-8-20-13(11)17-14(15-2)16-12/h4-8H,3,9H2,1-2H3,(H,15,16,17). The molecule has 0 amide bonds. The number of hydrogen-bond acceptors (Lipinski definition) is 6. The highest BCUT2D eigenvalue weighted by Gasteiger charge is 2.15. The van der Waals surface area contributed by atoms with E-state index in [1.54, 1.807) is 17.6 Å². The van der Waals surface area contributed by atoms with Gasteiger partial charge in [0.1, 0.15) is 16.4 Å². The van der Waals surface area contributed by atoms with E-state index in [9.17, 15) is 0 Å². The van der Waals surface area contributed by atoms with E-state index < -0.39 is 0 Å². The summed E-state index contributed by atoms with van der Waals surface area (Å²) in [4.78, 5) is 12.3. The van der Waals surface area contributed by atoms with E-state index in [-0.39, 0.29) is 0 Å². The fourth-order valence-electron chi connectivity index (χ4n) is 2.12. The van der Waals surface area contributed by atoms with Gasteiger partial charge in [-0.1, -0.05) is 0 Å². The van der Waals surface area contributed by atoms with Crippen LogP contribution in [-0.4, -0.2) is 23.6 Å². The topological polar surface area (TPSA) is 54.2 Å². The zero-order chi connectivity index (χ0) is 13.9. The summed E-state index contributed by atoms with van der Waals surface area (Å²) in [6.45, 7) is 3.67. The van der Waals surface area contributed by atoms with Gasteiger partial charge in [0.2, 0.25) is 5.95 Å². The number of fused-ring (bicyclic) bond motifs is 1. The second-order valence-corrected chi connectivity index (χ2v) is 5.25. The smallest absolute Gasteiger partial charge is 0.225 e. The van der Waals surface area contributed by atoms with Crippen molar-refractivity contribution in [2.24, 2.45) is 0 Å². The van der Waals surface area contributed by atoms with Gasteiger partial charge in [-0.3, -0.25) is 0 Å². The predicted octanol–water partition coefficient (Wildman–Crippen LogP) is 3.35. The summed E-state index contributed by atoms with van der Waals surface area (Å²) in [5.74, 6) is 2.52. The predicted molar refractivity (Wildman–Crippen MR) is 82.4 cm³/mol. The molecule has 0 aliphatic heterocycles. The molecular formula is C14H16N4OS. The first-order chi connectivity index (χ1) is 9.81. The zero-order valence-electron chi connectivity index (χ0n) is 11.5. The maximum absolute atomic E-state index is 5.44. The summed E-state index contributed by atoms with van der Waals surface area (Å²) in [7, 11) is 1.83. The molecule has 6 heteroatoms. The second kappa shape index (κ2) is 5.50. The van der Waals surface area contributed by atoms with Gasteiger partial charge in [0, 0.05) is 13.6 Å². The second-order valence-electron chi connectivity index (χ2n) is 4.35. The van der Waals surface area contributed by atoms with E-state index in [4.69, 9.17) is 4.42 Å². The van der Waals surface area contributed by atoms with Crippen LogP contribution in [0.5, 0.6) is 0 Å². The molecule has 0 aliphatic rings. The third-order valence-corrected chi connectivity index (χ3v) is 3.94. The van der Waals surface area contributed by atoms with Gasteiger partial charge in [-0.15, -0.1) is 11.3 Å². The maximum atomic E-state index is 5.44. The van der Waals surface area contributed by atoms with Crippen molar-refractivity contribution in [2.45, 2.75) is 13.5 Å². The third-order valence-electron chi connectivity index (χ3n) is 3.14.